The predicted molar refractivity (Wildman–Crippen MR) is 112 cm³/mol. The SMILES string of the molecule is CCSCc1ccc(C(=O)Nc2cccc(CN3CCCCC3)c2)cc1. The summed E-state index contributed by atoms with van der Waals surface area (Å²) >= 11 is 1.89. The zero-order valence-electron chi connectivity index (χ0n) is 15.5. The van der Waals surface area contributed by atoms with Crippen LogP contribution in [0.4, 0.5) is 5.69 Å². The fourth-order valence-corrected chi connectivity index (χ4v) is 3.93. The first-order valence-electron chi connectivity index (χ1n) is 9.54. The van der Waals surface area contributed by atoms with Gasteiger partial charge in [-0.3, -0.25) is 9.69 Å². The number of likely N-dealkylation sites (tertiary alicyclic amines) is 1. The molecule has 1 N–H and O–H groups in total. The van der Waals surface area contributed by atoms with Crippen LogP contribution in [0.2, 0.25) is 0 Å². The number of hydrogen-bond acceptors (Lipinski definition) is 3. The summed E-state index contributed by atoms with van der Waals surface area (Å²) in [7, 11) is 0. The fourth-order valence-electron chi connectivity index (χ4n) is 3.30. The Morgan fingerprint density at radius 2 is 1.81 bits per heavy atom. The van der Waals surface area contributed by atoms with Gasteiger partial charge in [0, 0.05) is 23.5 Å². The van der Waals surface area contributed by atoms with Gasteiger partial charge in [-0.15, -0.1) is 0 Å². The Hall–Kier alpha value is -1.78. The molecule has 0 radical (unpaired) electrons. The number of nitrogens with one attached hydrogen (secondary N) is 1. The molecule has 1 saturated heterocycles. The van der Waals surface area contributed by atoms with Crippen molar-refractivity contribution in [3.63, 3.8) is 0 Å². The van der Waals surface area contributed by atoms with E-state index in [1.54, 1.807) is 0 Å². The van der Waals surface area contributed by atoms with Crippen molar-refractivity contribution >= 4 is 23.4 Å². The van der Waals surface area contributed by atoms with Crippen LogP contribution in [0.1, 0.15) is 47.7 Å². The Balaban J connectivity index is 1.59. The van der Waals surface area contributed by atoms with Crippen LogP contribution in [-0.2, 0) is 12.3 Å². The minimum absolute atomic E-state index is 0.0465. The number of nitrogens with zero attached hydrogens (tertiary/aromatic N) is 1. The summed E-state index contributed by atoms with van der Waals surface area (Å²) in [5, 5.41) is 3.04. The van der Waals surface area contributed by atoms with Gasteiger partial charge < -0.3 is 5.32 Å². The van der Waals surface area contributed by atoms with Crippen LogP contribution >= 0.6 is 11.8 Å². The van der Waals surface area contributed by atoms with Crippen LogP contribution in [0.3, 0.4) is 0 Å². The Morgan fingerprint density at radius 3 is 2.54 bits per heavy atom. The normalized spacial score (nSPS) is 15.0. The quantitative estimate of drug-likeness (QED) is 0.731. The van der Waals surface area contributed by atoms with Crippen LogP contribution in [0, 0.1) is 0 Å². The van der Waals surface area contributed by atoms with E-state index in [0.717, 1.165) is 23.7 Å². The van der Waals surface area contributed by atoms with Crippen molar-refractivity contribution in [2.24, 2.45) is 0 Å². The van der Waals surface area contributed by atoms with Crippen molar-refractivity contribution in [2.75, 3.05) is 24.2 Å². The van der Waals surface area contributed by atoms with Gasteiger partial charge in [-0.2, -0.15) is 11.8 Å². The Morgan fingerprint density at radius 1 is 1.04 bits per heavy atom. The monoisotopic (exact) mass is 368 g/mol. The zero-order chi connectivity index (χ0) is 18.2. The molecular formula is C22H28N2OS. The molecule has 0 atom stereocenters. The van der Waals surface area contributed by atoms with Crippen molar-refractivity contribution in [1.29, 1.82) is 0 Å². The molecule has 0 saturated carbocycles. The number of benzene rings is 2. The zero-order valence-corrected chi connectivity index (χ0v) is 16.4. The molecule has 1 fully saturated rings. The number of piperidine rings is 1. The highest BCUT2D eigenvalue weighted by molar-refractivity contribution is 7.98. The van der Waals surface area contributed by atoms with Gasteiger partial charge >= 0.3 is 0 Å². The summed E-state index contributed by atoms with van der Waals surface area (Å²) in [6, 6.07) is 16.2. The van der Waals surface area contributed by atoms with Gasteiger partial charge in [0.2, 0.25) is 0 Å². The van der Waals surface area contributed by atoms with E-state index in [0.29, 0.717) is 5.56 Å². The Bertz CT molecular complexity index is 708. The second kappa shape index (κ2) is 9.79. The van der Waals surface area contributed by atoms with E-state index in [2.05, 4.69) is 29.3 Å². The molecule has 0 aromatic heterocycles. The first-order chi connectivity index (χ1) is 12.7. The van der Waals surface area contributed by atoms with Gasteiger partial charge in [-0.05, 0) is 67.1 Å². The second-order valence-electron chi connectivity index (χ2n) is 6.83. The molecule has 26 heavy (non-hydrogen) atoms. The standard InChI is InChI=1S/C22H28N2OS/c1-2-26-17-18-9-11-20(12-10-18)22(25)23-21-8-6-7-19(15-21)16-24-13-4-3-5-14-24/h6-12,15H,2-5,13-14,16-17H2,1H3,(H,23,25). The third-order valence-electron chi connectivity index (χ3n) is 4.73. The van der Waals surface area contributed by atoms with E-state index in [4.69, 9.17) is 0 Å². The van der Waals surface area contributed by atoms with E-state index in [-0.39, 0.29) is 5.91 Å². The predicted octanol–water partition coefficient (Wildman–Crippen LogP) is 5.18. The summed E-state index contributed by atoms with van der Waals surface area (Å²) in [6.45, 7) is 5.48. The topological polar surface area (TPSA) is 32.3 Å². The van der Waals surface area contributed by atoms with Gasteiger partial charge in [0.15, 0.2) is 0 Å². The van der Waals surface area contributed by atoms with Gasteiger partial charge in [-0.25, -0.2) is 0 Å². The molecular weight excluding hydrogens is 340 g/mol. The lowest BCUT2D eigenvalue weighted by atomic mass is 10.1. The number of anilines is 1. The number of amides is 1. The average Bonchev–Trinajstić information content (AvgIpc) is 2.68. The number of hydrogen-bond donors (Lipinski definition) is 1. The van der Waals surface area contributed by atoms with Gasteiger partial charge in [0.05, 0.1) is 0 Å². The molecule has 0 unspecified atom stereocenters. The molecule has 3 rings (SSSR count). The van der Waals surface area contributed by atoms with Crippen LogP contribution in [0.5, 0.6) is 0 Å². The molecule has 1 aliphatic rings. The molecule has 0 spiro atoms. The lowest BCUT2D eigenvalue weighted by Gasteiger charge is -2.26. The maximum atomic E-state index is 12.5. The molecule has 0 bridgehead atoms. The summed E-state index contributed by atoms with van der Waals surface area (Å²) < 4.78 is 0. The second-order valence-corrected chi connectivity index (χ2v) is 8.10. The van der Waals surface area contributed by atoms with E-state index >= 15 is 0 Å². The highest BCUT2D eigenvalue weighted by atomic mass is 32.2. The minimum Gasteiger partial charge on any atom is -0.322 e. The van der Waals surface area contributed by atoms with E-state index in [1.165, 1.54) is 43.5 Å². The molecule has 4 heteroatoms. The average molecular weight is 369 g/mol. The van der Waals surface area contributed by atoms with E-state index in [1.807, 2.05) is 48.2 Å². The van der Waals surface area contributed by atoms with Gasteiger partial charge in [0.1, 0.15) is 0 Å². The molecule has 1 heterocycles. The number of rotatable bonds is 7. The highest BCUT2D eigenvalue weighted by Gasteiger charge is 2.11. The Labute approximate surface area is 161 Å². The summed E-state index contributed by atoms with van der Waals surface area (Å²) in [6.07, 6.45) is 3.94. The number of carbonyl (C=O) groups is 1. The van der Waals surface area contributed by atoms with Crippen LogP contribution < -0.4 is 5.32 Å². The smallest absolute Gasteiger partial charge is 0.255 e. The Kier molecular flexibility index (Phi) is 7.15. The van der Waals surface area contributed by atoms with Crippen LogP contribution in [0.25, 0.3) is 0 Å². The van der Waals surface area contributed by atoms with Gasteiger partial charge in [-0.1, -0.05) is 37.6 Å². The van der Waals surface area contributed by atoms with Crippen molar-refractivity contribution < 1.29 is 4.79 Å². The lowest BCUT2D eigenvalue weighted by Crippen LogP contribution is -2.29. The fraction of sp³-hybridized carbons (Fsp3) is 0.409. The molecule has 138 valence electrons. The van der Waals surface area contributed by atoms with Crippen molar-refractivity contribution in [1.82, 2.24) is 4.90 Å². The first kappa shape index (κ1) is 19.0. The van der Waals surface area contributed by atoms with E-state index in [9.17, 15) is 4.79 Å². The molecule has 2 aromatic rings. The maximum Gasteiger partial charge on any atom is 0.255 e. The number of carbonyl (C=O) groups excluding carboxylic acids is 1. The van der Waals surface area contributed by atoms with Crippen molar-refractivity contribution in [3.8, 4) is 0 Å². The molecule has 1 aliphatic heterocycles. The maximum absolute atomic E-state index is 12.5. The van der Waals surface area contributed by atoms with Crippen LogP contribution in [-0.4, -0.2) is 29.6 Å². The summed E-state index contributed by atoms with van der Waals surface area (Å²) in [5.74, 6) is 2.06. The van der Waals surface area contributed by atoms with Gasteiger partial charge in [0.25, 0.3) is 5.91 Å². The lowest BCUT2D eigenvalue weighted by molar-refractivity contribution is 0.102. The third kappa shape index (κ3) is 5.61. The van der Waals surface area contributed by atoms with E-state index < -0.39 is 0 Å². The molecule has 2 aromatic carbocycles. The largest absolute Gasteiger partial charge is 0.322 e. The third-order valence-corrected chi connectivity index (χ3v) is 5.67. The summed E-state index contributed by atoms with van der Waals surface area (Å²) in [4.78, 5) is 15.0. The molecule has 1 amide bonds. The minimum atomic E-state index is -0.0465. The first-order valence-corrected chi connectivity index (χ1v) is 10.7. The van der Waals surface area contributed by atoms with Crippen molar-refractivity contribution in [3.05, 3.63) is 65.2 Å². The summed E-state index contributed by atoms with van der Waals surface area (Å²) in [5.41, 5.74) is 4.10. The highest BCUT2D eigenvalue weighted by Crippen LogP contribution is 2.18. The molecule has 0 aliphatic carbocycles. The van der Waals surface area contributed by atoms with Crippen molar-refractivity contribution in [2.45, 2.75) is 38.5 Å². The molecule has 3 nitrogen and oxygen atoms in total. The van der Waals surface area contributed by atoms with Crippen LogP contribution in [0.15, 0.2) is 48.5 Å². The number of thioether (sulfide) groups is 1.